The Morgan fingerprint density at radius 1 is 1.42 bits per heavy atom. The highest BCUT2D eigenvalue weighted by Crippen LogP contribution is 2.21. The largest absolute Gasteiger partial charge is 0.344 e. The molecule has 0 radical (unpaired) electrons. The molecule has 0 saturated heterocycles. The van der Waals surface area contributed by atoms with Crippen molar-refractivity contribution in [3.05, 3.63) is 40.4 Å². The highest BCUT2D eigenvalue weighted by molar-refractivity contribution is 6.31. The lowest BCUT2D eigenvalue weighted by Gasteiger charge is -2.10. The summed E-state index contributed by atoms with van der Waals surface area (Å²) in [7, 11) is 1.94. The van der Waals surface area contributed by atoms with Crippen LogP contribution < -0.4 is 5.32 Å². The topological polar surface area (TPSA) is 34.8 Å². The molecule has 5 heteroatoms. The molecule has 19 heavy (non-hydrogen) atoms. The van der Waals surface area contributed by atoms with Crippen molar-refractivity contribution in [2.24, 2.45) is 7.05 Å². The number of aromatic nitrogens is 3. The Balaban J connectivity index is 2.13. The van der Waals surface area contributed by atoms with Gasteiger partial charge in [-0.15, -0.1) is 0 Å². The first-order chi connectivity index (χ1) is 9.13. The Morgan fingerprint density at radius 3 is 2.84 bits per heavy atom. The lowest BCUT2D eigenvalue weighted by Crippen LogP contribution is -2.17. The molecule has 2 aromatic rings. The molecule has 2 heterocycles. The lowest BCUT2D eigenvalue weighted by molar-refractivity contribution is 0.609. The third-order valence-corrected chi connectivity index (χ3v) is 3.73. The maximum atomic E-state index is 6.30. The molecule has 104 valence electrons. The normalized spacial score (nSPS) is 11.2. The molecule has 0 aliphatic rings. The summed E-state index contributed by atoms with van der Waals surface area (Å²) >= 11 is 6.30. The van der Waals surface area contributed by atoms with Crippen LogP contribution in [0.2, 0.25) is 5.02 Å². The van der Waals surface area contributed by atoms with E-state index < -0.39 is 0 Å². The van der Waals surface area contributed by atoms with Gasteiger partial charge in [-0.1, -0.05) is 18.5 Å². The molecule has 0 bridgehead atoms. The van der Waals surface area contributed by atoms with E-state index >= 15 is 0 Å². The van der Waals surface area contributed by atoms with E-state index in [0.29, 0.717) is 0 Å². The van der Waals surface area contributed by atoms with E-state index in [1.54, 1.807) is 0 Å². The van der Waals surface area contributed by atoms with Crippen LogP contribution in [0.25, 0.3) is 0 Å². The molecule has 1 N–H and O–H groups in total. The van der Waals surface area contributed by atoms with Crippen LogP contribution in [0.5, 0.6) is 0 Å². The zero-order valence-electron chi connectivity index (χ0n) is 11.8. The Bertz CT molecular complexity index is 542. The van der Waals surface area contributed by atoms with Gasteiger partial charge in [-0.2, -0.15) is 5.10 Å². The molecule has 2 rings (SSSR count). The first kappa shape index (κ1) is 14.2. The van der Waals surface area contributed by atoms with Crippen molar-refractivity contribution in [1.82, 2.24) is 19.7 Å². The van der Waals surface area contributed by atoms with E-state index in [4.69, 9.17) is 11.6 Å². The van der Waals surface area contributed by atoms with E-state index in [1.807, 2.05) is 18.7 Å². The zero-order chi connectivity index (χ0) is 13.8. The fourth-order valence-electron chi connectivity index (χ4n) is 2.17. The van der Waals surface area contributed by atoms with Crippen LogP contribution in [0.1, 0.15) is 30.4 Å². The summed E-state index contributed by atoms with van der Waals surface area (Å²) in [6, 6.07) is 4.21. The molecule has 0 saturated carbocycles. The van der Waals surface area contributed by atoms with Crippen molar-refractivity contribution in [2.75, 3.05) is 6.54 Å². The SMILES string of the molecule is CCCNCc1cccn1Cc1c(Cl)c(C)nn1C. The monoisotopic (exact) mass is 280 g/mol. The lowest BCUT2D eigenvalue weighted by atomic mass is 10.3. The number of nitrogens with one attached hydrogen (secondary N) is 1. The number of rotatable bonds is 6. The average molecular weight is 281 g/mol. The molecule has 2 aromatic heterocycles. The molecular formula is C14H21ClN4. The van der Waals surface area contributed by atoms with Gasteiger partial charge < -0.3 is 9.88 Å². The van der Waals surface area contributed by atoms with E-state index in [9.17, 15) is 0 Å². The van der Waals surface area contributed by atoms with Gasteiger partial charge in [0.2, 0.25) is 0 Å². The average Bonchev–Trinajstić information content (AvgIpc) is 2.91. The summed E-state index contributed by atoms with van der Waals surface area (Å²) in [4.78, 5) is 0. The second kappa shape index (κ2) is 6.26. The predicted molar refractivity (Wildman–Crippen MR) is 78.5 cm³/mol. The predicted octanol–water partition coefficient (Wildman–Crippen LogP) is 2.73. The van der Waals surface area contributed by atoms with Crippen molar-refractivity contribution >= 4 is 11.6 Å². The summed E-state index contributed by atoms with van der Waals surface area (Å²) in [5.41, 5.74) is 3.20. The summed E-state index contributed by atoms with van der Waals surface area (Å²) in [6.45, 7) is 6.79. The van der Waals surface area contributed by atoms with E-state index in [0.717, 1.165) is 42.5 Å². The number of hydrogen-bond acceptors (Lipinski definition) is 2. The Morgan fingerprint density at radius 2 is 2.21 bits per heavy atom. The van der Waals surface area contributed by atoms with Crippen molar-refractivity contribution in [2.45, 2.75) is 33.4 Å². The van der Waals surface area contributed by atoms with Gasteiger partial charge in [0.15, 0.2) is 0 Å². The van der Waals surface area contributed by atoms with Gasteiger partial charge in [0.05, 0.1) is 23.0 Å². The maximum Gasteiger partial charge on any atom is 0.0865 e. The summed E-state index contributed by atoms with van der Waals surface area (Å²) < 4.78 is 4.08. The minimum absolute atomic E-state index is 0.756. The third-order valence-electron chi connectivity index (χ3n) is 3.24. The minimum atomic E-state index is 0.756. The van der Waals surface area contributed by atoms with Crippen molar-refractivity contribution in [3.8, 4) is 0 Å². The van der Waals surface area contributed by atoms with E-state index in [2.05, 4.69) is 40.2 Å². The first-order valence-electron chi connectivity index (χ1n) is 6.66. The van der Waals surface area contributed by atoms with Crippen LogP contribution >= 0.6 is 11.6 Å². The molecule has 0 aliphatic carbocycles. The van der Waals surface area contributed by atoms with E-state index in [1.165, 1.54) is 5.69 Å². The molecule has 0 amide bonds. The van der Waals surface area contributed by atoms with Gasteiger partial charge in [-0.25, -0.2) is 0 Å². The van der Waals surface area contributed by atoms with Crippen molar-refractivity contribution < 1.29 is 0 Å². The van der Waals surface area contributed by atoms with Crippen LogP contribution in [0.3, 0.4) is 0 Å². The number of nitrogens with zero attached hydrogens (tertiary/aromatic N) is 3. The zero-order valence-corrected chi connectivity index (χ0v) is 12.5. The molecule has 0 fully saturated rings. The smallest absolute Gasteiger partial charge is 0.0865 e. The van der Waals surface area contributed by atoms with Gasteiger partial charge in [0.25, 0.3) is 0 Å². The second-order valence-corrected chi connectivity index (χ2v) is 5.15. The van der Waals surface area contributed by atoms with Gasteiger partial charge in [0.1, 0.15) is 0 Å². The fraction of sp³-hybridized carbons (Fsp3) is 0.500. The van der Waals surface area contributed by atoms with Crippen molar-refractivity contribution in [3.63, 3.8) is 0 Å². The van der Waals surface area contributed by atoms with Gasteiger partial charge in [-0.05, 0) is 32.0 Å². The Labute approximate surface area is 119 Å². The van der Waals surface area contributed by atoms with Crippen molar-refractivity contribution in [1.29, 1.82) is 0 Å². The first-order valence-corrected chi connectivity index (χ1v) is 7.04. The van der Waals surface area contributed by atoms with Gasteiger partial charge in [-0.3, -0.25) is 4.68 Å². The van der Waals surface area contributed by atoms with Gasteiger partial charge in [0, 0.05) is 25.5 Å². The quantitative estimate of drug-likeness (QED) is 0.826. The third kappa shape index (κ3) is 3.19. The molecule has 0 atom stereocenters. The summed E-state index contributed by atoms with van der Waals surface area (Å²) in [6.07, 6.45) is 3.23. The fourth-order valence-corrected chi connectivity index (χ4v) is 2.39. The Kier molecular flexibility index (Phi) is 4.66. The molecule has 0 spiro atoms. The summed E-state index contributed by atoms with van der Waals surface area (Å²) in [5, 5.41) is 8.54. The molecule has 4 nitrogen and oxygen atoms in total. The number of aryl methyl sites for hydroxylation is 2. The molecule has 0 aliphatic heterocycles. The van der Waals surface area contributed by atoms with Crippen LogP contribution in [0.15, 0.2) is 18.3 Å². The highest BCUT2D eigenvalue weighted by Gasteiger charge is 2.12. The van der Waals surface area contributed by atoms with Crippen LogP contribution in [-0.2, 0) is 20.1 Å². The molecule has 0 aromatic carbocycles. The number of hydrogen-bond donors (Lipinski definition) is 1. The van der Waals surface area contributed by atoms with Crippen LogP contribution in [0.4, 0.5) is 0 Å². The van der Waals surface area contributed by atoms with Crippen LogP contribution in [-0.4, -0.2) is 20.9 Å². The number of halogens is 1. The second-order valence-electron chi connectivity index (χ2n) is 4.77. The minimum Gasteiger partial charge on any atom is -0.344 e. The van der Waals surface area contributed by atoms with Crippen LogP contribution in [0, 0.1) is 6.92 Å². The maximum absolute atomic E-state index is 6.30. The standard InChI is InChI=1S/C14H21ClN4/c1-4-7-16-9-12-6-5-8-19(12)10-13-14(15)11(2)17-18(13)3/h5-6,8,16H,4,7,9-10H2,1-3H3. The molecule has 0 unspecified atom stereocenters. The molecular weight excluding hydrogens is 260 g/mol. The van der Waals surface area contributed by atoms with Gasteiger partial charge >= 0.3 is 0 Å². The Hall–Kier alpha value is -1.26. The summed E-state index contributed by atoms with van der Waals surface area (Å²) in [5.74, 6) is 0. The highest BCUT2D eigenvalue weighted by atomic mass is 35.5. The van der Waals surface area contributed by atoms with E-state index in [-0.39, 0.29) is 0 Å².